The first-order chi connectivity index (χ1) is 7.16. The largest absolute Gasteiger partial charge is 0.356 e. The number of nitrogens with one attached hydrogen (secondary N) is 2. The minimum Gasteiger partial charge on any atom is -0.356 e. The van der Waals surface area contributed by atoms with Crippen molar-refractivity contribution in [2.45, 2.75) is 19.4 Å². The van der Waals surface area contributed by atoms with Crippen LogP contribution < -0.4 is 10.6 Å². The fourth-order valence-corrected chi connectivity index (χ4v) is 1.42. The van der Waals surface area contributed by atoms with E-state index in [1.165, 1.54) is 19.4 Å². The van der Waals surface area contributed by atoms with Crippen LogP contribution in [0.2, 0.25) is 0 Å². The van der Waals surface area contributed by atoms with Crippen molar-refractivity contribution < 1.29 is 9.59 Å². The molecule has 0 radical (unpaired) electrons. The molecule has 1 aliphatic rings. The number of carbonyl (C=O) groups is 2. The molecular formula is C9H10N4O2. The van der Waals surface area contributed by atoms with Gasteiger partial charge in [-0.3, -0.25) is 9.59 Å². The Labute approximate surface area is 86.1 Å². The SMILES string of the molecule is CC(=O)CC1Nc2ncncc2NC1=O. The molecule has 1 aromatic heterocycles. The number of hydrogen-bond donors (Lipinski definition) is 2. The molecule has 0 aromatic carbocycles. The van der Waals surface area contributed by atoms with Crippen molar-refractivity contribution in [3.63, 3.8) is 0 Å². The van der Waals surface area contributed by atoms with Gasteiger partial charge in [-0.1, -0.05) is 0 Å². The Morgan fingerprint density at radius 3 is 3.13 bits per heavy atom. The number of ketones is 1. The molecule has 0 aliphatic carbocycles. The molecule has 2 heterocycles. The standard InChI is InChI=1S/C9H10N4O2/c1-5(14)2-6-9(15)13-7-3-10-4-11-8(7)12-6/h3-4,6H,2H2,1H3,(H,13,15)(H,10,11,12). The molecule has 1 aromatic rings. The number of anilines is 2. The van der Waals surface area contributed by atoms with Gasteiger partial charge in [0.15, 0.2) is 5.82 Å². The van der Waals surface area contributed by atoms with Crippen LogP contribution in [0.3, 0.4) is 0 Å². The van der Waals surface area contributed by atoms with Gasteiger partial charge in [0.25, 0.3) is 0 Å². The molecule has 1 amide bonds. The normalized spacial score (nSPS) is 18.7. The lowest BCUT2D eigenvalue weighted by molar-refractivity contribution is -0.122. The summed E-state index contributed by atoms with van der Waals surface area (Å²) in [7, 11) is 0. The smallest absolute Gasteiger partial charge is 0.247 e. The first kappa shape index (κ1) is 9.57. The summed E-state index contributed by atoms with van der Waals surface area (Å²) in [4.78, 5) is 30.2. The van der Waals surface area contributed by atoms with Gasteiger partial charge in [0.1, 0.15) is 23.8 Å². The summed E-state index contributed by atoms with van der Waals surface area (Å²) < 4.78 is 0. The molecule has 1 aliphatic heterocycles. The Hall–Kier alpha value is -1.98. The maximum Gasteiger partial charge on any atom is 0.247 e. The lowest BCUT2D eigenvalue weighted by Gasteiger charge is -2.24. The lowest BCUT2D eigenvalue weighted by Crippen LogP contribution is -2.40. The van der Waals surface area contributed by atoms with Crippen LogP contribution in [-0.2, 0) is 9.59 Å². The van der Waals surface area contributed by atoms with Gasteiger partial charge in [-0.2, -0.15) is 0 Å². The van der Waals surface area contributed by atoms with Gasteiger partial charge in [0.05, 0.1) is 6.20 Å². The molecule has 1 unspecified atom stereocenters. The van der Waals surface area contributed by atoms with Gasteiger partial charge >= 0.3 is 0 Å². The molecule has 2 N–H and O–H groups in total. The Morgan fingerprint density at radius 2 is 2.40 bits per heavy atom. The lowest BCUT2D eigenvalue weighted by atomic mass is 10.1. The van der Waals surface area contributed by atoms with E-state index in [4.69, 9.17) is 0 Å². The van der Waals surface area contributed by atoms with Crippen molar-refractivity contribution in [1.82, 2.24) is 9.97 Å². The highest BCUT2D eigenvalue weighted by Gasteiger charge is 2.26. The van der Waals surface area contributed by atoms with E-state index in [1.807, 2.05) is 0 Å². The van der Waals surface area contributed by atoms with Crippen molar-refractivity contribution in [2.24, 2.45) is 0 Å². The summed E-state index contributed by atoms with van der Waals surface area (Å²) in [6, 6.07) is -0.537. The summed E-state index contributed by atoms with van der Waals surface area (Å²) in [6.07, 6.45) is 3.06. The summed E-state index contributed by atoms with van der Waals surface area (Å²) in [6.45, 7) is 1.45. The molecule has 2 rings (SSSR count). The molecule has 0 bridgehead atoms. The van der Waals surface area contributed by atoms with Crippen molar-refractivity contribution in [3.8, 4) is 0 Å². The minimum absolute atomic E-state index is 0.0415. The molecule has 6 heteroatoms. The quantitative estimate of drug-likeness (QED) is 0.721. The Kier molecular flexibility index (Phi) is 2.32. The van der Waals surface area contributed by atoms with Gasteiger partial charge in [-0.15, -0.1) is 0 Å². The molecule has 1 atom stereocenters. The van der Waals surface area contributed by atoms with Crippen LogP contribution in [0.15, 0.2) is 12.5 Å². The number of amides is 1. The van der Waals surface area contributed by atoms with Crippen molar-refractivity contribution >= 4 is 23.2 Å². The Morgan fingerprint density at radius 1 is 1.60 bits per heavy atom. The minimum atomic E-state index is -0.537. The zero-order valence-electron chi connectivity index (χ0n) is 8.15. The fraction of sp³-hybridized carbons (Fsp3) is 0.333. The zero-order valence-corrected chi connectivity index (χ0v) is 8.15. The molecule has 78 valence electrons. The molecular weight excluding hydrogens is 196 g/mol. The van der Waals surface area contributed by atoms with E-state index in [0.29, 0.717) is 11.5 Å². The monoisotopic (exact) mass is 206 g/mol. The van der Waals surface area contributed by atoms with Gasteiger partial charge in [-0.05, 0) is 6.92 Å². The average Bonchev–Trinajstić information content (AvgIpc) is 2.18. The summed E-state index contributed by atoms with van der Waals surface area (Å²) in [5.74, 6) is 0.281. The van der Waals surface area contributed by atoms with Gasteiger partial charge in [0, 0.05) is 6.42 Å². The van der Waals surface area contributed by atoms with E-state index in [0.717, 1.165) is 0 Å². The highest BCUT2D eigenvalue weighted by atomic mass is 16.2. The molecule has 6 nitrogen and oxygen atoms in total. The number of nitrogens with zero attached hydrogens (tertiary/aromatic N) is 2. The second kappa shape index (κ2) is 3.64. The second-order valence-corrected chi connectivity index (χ2v) is 3.38. The fourth-order valence-electron chi connectivity index (χ4n) is 1.42. The first-order valence-corrected chi connectivity index (χ1v) is 4.53. The number of hydrogen-bond acceptors (Lipinski definition) is 5. The van der Waals surface area contributed by atoms with Crippen molar-refractivity contribution in [1.29, 1.82) is 0 Å². The summed E-state index contributed by atoms with van der Waals surface area (Å²) in [5, 5.41) is 5.53. The summed E-state index contributed by atoms with van der Waals surface area (Å²) >= 11 is 0. The first-order valence-electron chi connectivity index (χ1n) is 4.53. The van der Waals surface area contributed by atoms with E-state index in [1.54, 1.807) is 0 Å². The van der Waals surface area contributed by atoms with Crippen molar-refractivity contribution in [2.75, 3.05) is 10.6 Å². The molecule has 0 saturated carbocycles. The van der Waals surface area contributed by atoms with Crippen LogP contribution in [0.4, 0.5) is 11.5 Å². The van der Waals surface area contributed by atoms with Crippen LogP contribution in [0.25, 0.3) is 0 Å². The number of rotatable bonds is 2. The molecule has 0 spiro atoms. The number of Topliss-reactive ketones (excluding diaryl/α,β-unsaturated/α-hetero) is 1. The predicted octanol–water partition coefficient (Wildman–Crippen LogP) is 0.188. The number of aromatic nitrogens is 2. The van der Waals surface area contributed by atoms with Crippen LogP contribution in [0.1, 0.15) is 13.3 Å². The van der Waals surface area contributed by atoms with Crippen LogP contribution in [0.5, 0.6) is 0 Å². The zero-order chi connectivity index (χ0) is 10.8. The highest BCUT2D eigenvalue weighted by Crippen LogP contribution is 2.23. The van der Waals surface area contributed by atoms with Gasteiger partial charge in [0.2, 0.25) is 5.91 Å². The number of carbonyl (C=O) groups excluding carboxylic acids is 2. The Balaban J connectivity index is 2.22. The topological polar surface area (TPSA) is 84.0 Å². The van der Waals surface area contributed by atoms with E-state index >= 15 is 0 Å². The highest BCUT2D eigenvalue weighted by molar-refractivity contribution is 6.03. The predicted molar refractivity (Wildman–Crippen MR) is 53.4 cm³/mol. The third kappa shape index (κ3) is 1.93. The molecule has 15 heavy (non-hydrogen) atoms. The Bertz CT molecular complexity index is 418. The van der Waals surface area contributed by atoms with Crippen LogP contribution in [0, 0.1) is 0 Å². The van der Waals surface area contributed by atoms with E-state index in [9.17, 15) is 9.59 Å². The van der Waals surface area contributed by atoms with Crippen LogP contribution in [-0.4, -0.2) is 27.7 Å². The number of fused-ring (bicyclic) bond motifs is 1. The maximum absolute atomic E-state index is 11.5. The molecule has 0 fully saturated rings. The van der Waals surface area contributed by atoms with Gasteiger partial charge in [-0.25, -0.2) is 9.97 Å². The average molecular weight is 206 g/mol. The third-order valence-electron chi connectivity index (χ3n) is 2.09. The summed E-state index contributed by atoms with van der Waals surface area (Å²) in [5.41, 5.74) is 0.544. The molecule has 0 saturated heterocycles. The maximum atomic E-state index is 11.5. The van der Waals surface area contributed by atoms with E-state index in [-0.39, 0.29) is 18.1 Å². The third-order valence-corrected chi connectivity index (χ3v) is 2.09. The van der Waals surface area contributed by atoms with Crippen LogP contribution >= 0.6 is 0 Å². The van der Waals surface area contributed by atoms with Crippen molar-refractivity contribution in [3.05, 3.63) is 12.5 Å². The van der Waals surface area contributed by atoms with E-state index < -0.39 is 6.04 Å². The van der Waals surface area contributed by atoms with E-state index in [2.05, 4.69) is 20.6 Å². The van der Waals surface area contributed by atoms with Gasteiger partial charge < -0.3 is 10.6 Å². The second-order valence-electron chi connectivity index (χ2n) is 3.38.